The number of carboxylic acid groups (broad SMARTS) is 1. The topological polar surface area (TPSA) is 102 Å². The molecular weight excluding hydrogens is 446 g/mol. The SMILES string of the molecule is O=C(CN1CCN(Cc2ccc(C(=O)O)cc2)C(CO)C1)Nc1ccc(Oc2ccccc2)cc1. The van der Waals surface area contributed by atoms with E-state index in [2.05, 4.69) is 10.2 Å². The number of rotatable bonds is 9. The molecule has 4 rings (SSSR count). The molecule has 3 aromatic rings. The number of aliphatic hydroxyl groups excluding tert-OH is 1. The molecule has 1 aliphatic rings. The standard InChI is InChI=1S/C27H29N3O5/c31-19-23-17-29(14-15-30(23)16-20-6-8-21(9-7-20)27(33)34)18-26(32)28-22-10-12-25(13-11-22)35-24-4-2-1-3-5-24/h1-13,23,31H,14-19H2,(H,28,32)(H,33,34). The molecule has 1 heterocycles. The molecule has 182 valence electrons. The van der Waals surface area contributed by atoms with E-state index >= 15 is 0 Å². The first-order chi connectivity index (χ1) is 17.0. The van der Waals surface area contributed by atoms with Crippen molar-refractivity contribution in [3.05, 3.63) is 90.0 Å². The Morgan fingerprint density at radius 1 is 0.914 bits per heavy atom. The predicted octanol–water partition coefficient (Wildman–Crippen LogP) is 3.29. The van der Waals surface area contributed by atoms with Crippen LogP contribution < -0.4 is 10.1 Å². The van der Waals surface area contributed by atoms with Crippen molar-refractivity contribution < 1.29 is 24.5 Å². The van der Waals surface area contributed by atoms with Crippen molar-refractivity contribution in [2.75, 3.05) is 38.1 Å². The van der Waals surface area contributed by atoms with Gasteiger partial charge in [-0.25, -0.2) is 4.79 Å². The highest BCUT2D eigenvalue weighted by Gasteiger charge is 2.27. The van der Waals surface area contributed by atoms with Gasteiger partial charge in [0.15, 0.2) is 0 Å². The second kappa shape index (κ2) is 11.6. The summed E-state index contributed by atoms with van der Waals surface area (Å²) in [6, 6.07) is 23.4. The maximum absolute atomic E-state index is 12.6. The van der Waals surface area contributed by atoms with Crippen LogP contribution in [-0.4, -0.2) is 70.7 Å². The minimum absolute atomic E-state index is 0.0196. The number of carbonyl (C=O) groups is 2. The summed E-state index contributed by atoms with van der Waals surface area (Å²) in [5.41, 5.74) is 1.93. The summed E-state index contributed by atoms with van der Waals surface area (Å²) in [6.45, 7) is 2.79. The van der Waals surface area contributed by atoms with Crippen LogP contribution in [-0.2, 0) is 11.3 Å². The molecule has 35 heavy (non-hydrogen) atoms. The van der Waals surface area contributed by atoms with Crippen LogP contribution in [0.5, 0.6) is 11.5 Å². The lowest BCUT2D eigenvalue weighted by Gasteiger charge is -2.40. The van der Waals surface area contributed by atoms with Crippen molar-refractivity contribution >= 4 is 17.6 Å². The minimum atomic E-state index is -0.951. The molecule has 3 aromatic carbocycles. The lowest BCUT2D eigenvalue weighted by atomic mass is 10.1. The molecule has 1 amide bonds. The van der Waals surface area contributed by atoms with Gasteiger partial charge in [-0.05, 0) is 54.1 Å². The number of aromatic carboxylic acids is 1. The van der Waals surface area contributed by atoms with Gasteiger partial charge in [-0.2, -0.15) is 0 Å². The first-order valence-electron chi connectivity index (χ1n) is 11.5. The highest BCUT2D eigenvalue weighted by Crippen LogP contribution is 2.23. The third kappa shape index (κ3) is 6.89. The average Bonchev–Trinajstić information content (AvgIpc) is 2.87. The van der Waals surface area contributed by atoms with E-state index in [4.69, 9.17) is 9.84 Å². The summed E-state index contributed by atoms with van der Waals surface area (Å²) in [7, 11) is 0. The summed E-state index contributed by atoms with van der Waals surface area (Å²) in [5.74, 6) is 0.372. The van der Waals surface area contributed by atoms with Crippen molar-refractivity contribution in [2.45, 2.75) is 12.6 Å². The fraction of sp³-hybridized carbons (Fsp3) is 0.259. The smallest absolute Gasteiger partial charge is 0.335 e. The highest BCUT2D eigenvalue weighted by atomic mass is 16.5. The third-order valence-electron chi connectivity index (χ3n) is 5.97. The Bertz CT molecular complexity index is 1120. The van der Waals surface area contributed by atoms with Gasteiger partial charge >= 0.3 is 5.97 Å². The number of piperazine rings is 1. The molecule has 0 radical (unpaired) electrons. The van der Waals surface area contributed by atoms with Crippen LogP contribution in [0, 0.1) is 0 Å². The monoisotopic (exact) mass is 475 g/mol. The maximum atomic E-state index is 12.6. The van der Waals surface area contributed by atoms with E-state index in [0.29, 0.717) is 37.6 Å². The van der Waals surface area contributed by atoms with Crippen LogP contribution in [0.2, 0.25) is 0 Å². The average molecular weight is 476 g/mol. The number of nitrogens with zero attached hydrogens (tertiary/aromatic N) is 2. The van der Waals surface area contributed by atoms with Gasteiger partial charge in [-0.1, -0.05) is 30.3 Å². The first kappa shape index (κ1) is 24.4. The number of ether oxygens (including phenoxy) is 1. The number of benzene rings is 3. The van der Waals surface area contributed by atoms with Gasteiger partial charge in [0, 0.05) is 37.9 Å². The number of aliphatic hydroxyl groups is 1. The van der Waals surface area contributed by atoms with Crippen molar-refractivity contribution in [2.24, 2.45) is 0 Å². The normalized spacial score (nSPS) is 16.5. The predicted molar refractivity (Wildman–Crippen MR) is 133 cm³/mol. The van der Waals surface area contributed by atoms with Gasteiger partial charge in [0.2, 0.25) is 5.91 Å². The molecule has 0 bridgehead atoms. The molecular formula is C27H29N3O5. The van der Waals surface area contributed by atoms with Gasteiger partial charge < -0.3 is 20.3 Å². The van der Waals surface area contributed by atoms with Crippen LogP contribution in [0.1, 0.15) is 15.9 Å². The number of carboxylic acids is 1. The van der Waals surface area contributed by atoms with Crippen molar-refractivity contribution in [1.82, 2.24) is 9.80 Å². The van der Waals surface area contributed by atoms with E-state index in [1.54, 1.807) is 36.4 Å². The lowest BCUT2D eigenvalue weighted by molar-refractivity contribution is -0.118. The van der Waals surface area contributed by atoms with Gasteiger partial charge in [0.1, 0.15) is 11.5 Å². The number of nitrogens with one attached hydrogen (secondary N) is 1. The molecule has 0 spiro atoms. The third-order valence-corrected chi connectivity index (χ3v) is 5.97. The molecule has 1 fully saturated rings. The zero-order chi connectivity index (χ0) is 24.6. The van der Waals surface area contributed by atoms with E-state index in [-0.39, 0.29) is 30.7 Å². The zero-order valence-corrected chi connectivity index (χ0v) is 19.3. The molecule has 8 heteroatoms. The molecule has 8 nitrogen and oxygen atoms in total. The molecule has 1 saturated heterocycles. The zero-order valence-electron chi connectivity index (χ0n) is 19.3. The van der Waals surface area contributed by atoms with Crippen molar-refractivity contribution in [1.29, 1.82) is 0 Å². The molecule has 0 saturated carbocycles. The van der Waals surface area contributed by atoms with Crippen LogP contribution in [0.3, 0.4) is 0 Å². The van der Waals surface area contributed by atoms with Crippen LogP contribution >= 0.6 is 0 Å². The summed E-state index contributed by atoms with van der Waals surface area (Å²) < 4.78 is 5.78. The van der Waals surface area contributed by atoms with Crippen LogP contribution in [0.15, 0.2) is 78.9 Å². The van der Waals surface area contributed by atoms with Gasteiger partial charge in [0.25, 0.3) is 0 Å². The second-order valence-electron chi connectivity index (χ2n) is 8.53. The quantitative estimate of drug-likeness (QED) is 0.436. The van der Waals surface area contributed by atoms with E-state index in [1.807, 2.05) is 47.4 Å². The summed E-state index contributed by atoms with van der Waals surface area (Å²) in [6.07, 6.45) is 0. The number of hydrogen-bond acceptors (Lipinski definition) is 6. The Hall–Kier alpha value is -3.72. The van der Waals surface area contributed by atoms with Crippen LogP contribution in [0.4, 0.5) is 5.69 Å². The van der Waals surface area contributed by atoms with Crippen molar-refractivity contribution in [3.8, 4) is 11.5 Å². The Labute approximate surface area is 204 Å². The minimum Gasteiger partial charge on any atom is -0.478 e. The fourth-order valence-electron chi connectivity index (χ4n) is 4.10. The molecule has 1 unspecified atom stereocenters. The Morgan fingerprint density at radius 3 is 2.26 bits per heavy atom. The number of anilines is 1. The number of carbonyl (C=O) groups excluding carboxylic acids is 1. The first-order valence-corrected chi connectivity index (χ1v) is 11.5. The molecule has 0 aliphatic carbocycles. The number of para-hydroxylation sites is 1. The molecule has 1 atom stereocenters. The summed E-state index contributed by atoms with van der Waals surface area (Å²) in [5, 5.41) is 21.9. The second-order valence-corrected chi connectivity index (χ2v) is 8.53. The Morgan fingerprint density at radius 2 is 1.60 bits per heavy atom. The van der Waals surface area contributed by atoms with E-state index in [1.165, 1.54) is 0 Å². The van der Waals surface area contributed by atoms with Gasteiger partial charge in [0.05, 0.1) is 18.7 Å². The van der Waals surface area contributed by atoms with Gasteiger partial charge in [-0.3, -0.25) is 14.6 Å². The van der Waals surface area contributed by atoms with Gasteiger partial charge in [-0.15, -0.1) is 0 Å². The Kier molecular flexibility index (Phi) is 8.10. The fourth-order valence-corrected chi connectivity index (χ4v) is 4.10. The van der Waals surface area contributed by atoms with E-state index in [9.17, 15) is 14.7 Å². The maximum Gasteiger partial charge on any atom is 0.335 e. The van der Waals surface area contributed by atoms with Crippen molar-refractivity contribution in [3.63, 3.8) is 0 Å². The summed E-state index contributed by atoms with van der Waals surface area (Å²) in [4.78, 5) is 27.8. The number of amides is 1. The van der Waals surface area contributed by atoms with Crippen LogP contribution in [0.25, 0.3) is 0 Å². The Balaban J connectivity index is 1.26. The largest absolute Gasteiger partial charge is 0.478 e. The molecule has 3 N–H and O–H groups in total. The van der Waals surface area contributed by atoms with E-state index in [0.717, 1.165) is 11.3 Å². The molecule has 1 aliphatic heterocycles. The highest BCUT2D eigenvalue weighted by molar-refractivity contribution is 5.92. The lowest BCUT2D eigenvalue weighted by Crippen LogP contribution is -2.55. The number of hydrogen-bond donors (Lipinski definition) is 3. The molecule has 0 aromatic heterocycles. The van der Waals surface area contributed by atoms with E-state index < -0.39 is 5.97 Å². The summed E-state index contributed by atoms with van der Waals surface area (Å²) >= 11 is 0.